The highest BCUT2D eigenvalue weighted by molar-refractivity contribution is 7.88. The molecular formula is C24H31N3O4S. The van der Waals surface area contributed by atoms with Gasteiger partial charge < -0.3 is 9.72 Å². The lowest BCUT2D eigenvalue weighted by molar-refractivity contribution is 0.402. The summed E-state index contributed by atoms with van der Waals surface area (Å²) in [6.45, 7) is 8.52. The molecule has 0 aliphatic carbocycles. The van der Waals surface area contributed by atoms with E-state index in [1.807, 2.05) is 31.2 Å². The molecule has 0 unspecified atom stereocenters. The normalized spacial score (nSPS) is 12.3. The molecule has 0 saturated carbocycles. The van der Waals surface area contributed by atoms with Crippen molar-refractivity contribution >= 4 is 20.9 Å². The van der Waals surface area contributed by atoms with E-state index in [1.165, 1.54) is 0 Å². The summed E-state index contributed by atoms with van der Waals surface area (Å²) >= 11 is 0. The van der Waals surface area contributed by atoms with Crippen LogP contribution in [0.2, 0.25) is 0 Å². The standard InChI is InChI=1S/C24H31N3O4S/c1-15-9-10-17(23(28)27-15)18-13-20(24(2,3)4)22(31-5)19-12-16(14-25-21(18)19)8-7-11-26-32(6,29)30/h9-10,12-14,26H,7-8,11H2,1-6H3,(H,27,28). The van der Waals surface area contributed by atoms with E-state index in [0.717, 1.165) is 39.8 Å². The molecule has 0 aliphatic heterocycles. The van der Waals surface area contributed by atoms with E-state index < -0.39 is 10.0 Å². The minimum atomic E-state index is -3.21. The van der Waals surface area contributed by atoms with Crippen molar-refractivity contribution in [3.8, 4) is 16.9 Å². The maximum absolute atomic E-state index is 12.8. The number of aryl methyl sites for hydroxylation is 2. The number of rotatable bonds is 7. The van der Waals surface area contributed by atoms with Crippen molar-refractivity contribution in [2.75, 3.05) is 19.9 Å². The van der Waals surface area contributed by atoms with E-state index in [1.54, 1.807) is 13.3 Å². The molecule has 0 fully saturated rings. The van der Waals surface area contributed by atoms with E-state index in [0.29, 0.717) is 30.5 Å². The highest BCUT2D eigenvalue weighted by Crippen LogP contribution is 2.41. The molecule has 1 aromatic carbocycles. The maximum atomic E-state index is 12.8. The zero-order valence-electron chi connectivity index (χ0n) is 19.5. The fourth-order valence-corrected chi connectivity index (χ4v) is 4.29. The van der Waals surface area contributed by atoms with Crippen molar-refractivity contribution in [3.63, 3.8) is 0 Å². The number of aromatic nitrogens is 2. The molecule has 0 bridgehead atoms. The summed E-state index contributed by atoms with van der Waals surface area (Å²) in [6.07, 6.45) is 4.24. The van der Waals surface area contributed by atoms with Gasteiger partial charge in [0.2, 0.25) is 10.0 Å². The Labute approximate surface area is 189 Å². The topological polar surface area (TPSA) is 101 Å². The molecule has 32 heavy (non-hydrogen) atoms. The summed E-state index contributed by atoms with van der Waals surface area (Å²) in [5, 5.41) is 0.837. The average molecular weight is 458 g/mol. The van der Waals surface area contributed by atoms with E-state index in [4.69, 9.17) is 9.72 Å². The number of sulfonamides is 1. The molecule has 0 saturated heterocycles. The maximum Gasteiger partial charge on any atom is 0.256 e. The van der Waals surface area contributed by atoms with Crippen LogP contribution in [-0.2, 0) is 21.9 Å². The first-order valence-electron chi connectivity index (χ1n) is 10.6. The zero-order valence-corrected chi connectivity index (χ0v) is 20.3. The Morgan fingerprint density at radius 1 is 1.16 bits per heavy atom. The summed E-state index contributed by atoms with van der Waals surface area (Å²) in [6, 6.07) is 7.74. The second-order valence-electron chi connectivity index (χ2n) is 9.15. The van der Waals surface area contributed by atoms with Gasteiger partial charge in [-0.05, 0) is 55.0 Å². The first-order chi connectivity index (χ1) is 14.9. The van der Waals surface area contributed by atoms with Gasteiger partial charge in [0, 0.05) is 40.5 Å². The van der Waals surface area contributed by atoms with Gasteiger partial charge in [0.25, 0.3) is 5.56 Å². The van der Waals surface area contributed by atoms with Gasteiger partial charge in [-0.3, -0.25) is 9.78 Å². The molecule has 0 aliphatic rings. The van der Waals surface area contributed by atoms with Crippen LogP contribution in [0.5, 0.6) is 5.75 Å². The Morgan fingerprint density at radius 2 is 1.88 bits per heavy atom. The van der Waals surface area contributed by atoms with Gasteiger partial charge in [-0.1, -0.05) is 20.8 Å². The number of aromatic amines is 1. The van der Waals surface area contributed by atoms with Crippen molar-refractivity contribution in [1.29, 1.82) is 0 Å². The molecule has 0 spiro atoms. The zero-order chi connectivity index (χ0) is 23.7. The quantitative estimate of drug-likeness (QED) is 0.527. The van der Waals surface area contributed by atoms with Crippen LogP contribution in [0.15, 0.2) is 35.3 Å². The predicted octanol–water partition coefficient (Wildman–Crippen LogP) is 3.69. The molecule has 2 aromatic heterocycles. The molecule has 7 nitrogen and oxygen atoms in total. The van der Waals surface area contributed by atoms with E-state index in [9.17, 15) is 13.2 Å². The van der Waals surface area contributed by atoms with Gasteiger partial charge in [-0.25, -0.2) is 13.1 Å². The minimum Gasteiger partial charge on any atom is -0.496 e. The summed E-state index contributed by atoms with van der Waals surface area (Å²) < 4.78 is 30.9. The van der Waals surface area contributed by atoms with Gasteiger partial charge in [0.15, 0.2) is 0 Å². The molecule has 0 atom stereocenters. The number of methoxy groups -OCH3 is 1. The van der Waals surface area contributed by atoms with Crippen LogP contribution in [0, 0.1) is 6.92 Å². The van der Waals surface area contributed by atoms with Crippen LogP contribution in [-0.4, -0.2) is 38.3 Å². The van der Waals surface area contributed by atoms with Crippen molar-refractivity contribution < 1.29 is 13.2 Å². The fraction of sp³-hybridized carbons (Fsp3) is 0.417. The highest BCUT2D eigenvalue weighted by Gasteiger charge is 2.24. The van der Waals surface area contributed by atoms with E-state index in [-0.39, 0.29) is 11.0 Å². The largest absolute Gasteiger partial charge is 0.496 e. The highest BCUT2D eigenvalue weighted by atomic mass is 32.2. The number of nitrogens with one attached hydrogen (secondary N) is 2. The Morgan fingerprint density at radius 3 is 2.47 bits per heavy atom. The van der Waals surface area contributed by atoms with Crippen LogP contribution < -0.4 is 15.0 Å². The number of fused-ring (bicyclic) bond motifs is 1. The molecule has 2 heterocycles. The van der Waals surface area contributed by atoms with Gasteiger partial charge in [-0.15, -0.1) is 0 Å². The van der Waals surface area contributed by atoms with Crippen LogP contribution >= 0.6 is 0 Å². The van der Waals surface area contributed by atoms with Crippen LogP contribution in [0.4, 0.5) is 0 Å². The first-order valence-corrected chi connectivity index (χ1v) is 12.4. The predicted molar refractivity (Wildman–Crippen MR) is 129 cm³/mol. The van der Waals surface area contributed by atoms with Crippen molar-refractivity contribution in [3.05, 3.63) is 57.6 Å². The third kappa shape index (κ3) is 5.37. The third-order valence-corrected chi connectivity index (χ3v) is 6.07. The van der Waals surface area contributed by atoms with Gasteiger partial charge in [0.05, 0.1) is 18.9 Å². The summed E-state index contributed by atoms with van der Waals surface area (Å²) in [7, 11) is -1.56. The second kappa shape index (κ2) is 9.03. The second-order valence-corrected chi connectivity index (χ2v) is 11.0. The molecule has 2 N–H and O–H groups in total. The van der Waals surface area contributed by atoms with Crippen molar-refractivity contribution in [1.82, 2.24) is 14.7 Å². The minimum absolute atomic E-state index is 0.158. The van der Waals surface area contributed by atoms with Gasteiger partial charge >= 0.3 is 0 Å². The molecule has 172 valence electrons. The monoisotopic (exact) mass is 457 g/mol. The number of hydrogen-bond donors (Lipinski definition) is 2. The third-order valence-electron chi connectivity index (χ3n) is 5.34. The Hall–Kier alpha value is -2.71. The smallest absolute Gasteiger partial charge is 0.256 e. The number of nitrogens with zero attached hydrogens (tertiary/aromatic N) is 1. The first kappa shape index (κ1) is 23.9. The van der Waals surface area contributed by atoms with Crippen LogP contribution in [0.25, 0.3) is 22.0 Å². The Balaban J connectivity index is 2.17. The summed E-state index contributed by atoms with van der Waals surface area (Å²) in [4.78, 5) is 20.3. The molecule has 3 rings (SSSR count). The van der Waals surface area contributed by atoms with Crippen LogP contribution in [0.3, 0.4) is 0 Å². The van der Waals surface area contributed by atoms with E-state index in [2.05, 4.69) is 30.5 Å². The molecule has 3 aromatic rings. The summed E-state index contributed by atoms with van der Waals surface area (Å²) in [5.74, 6) is 0.739. The SMILES string of the molecule is COc1c(C(C)(C)C)cc(-c2ccc(C)[nH]c2=O)c2ncc(CCCNS(C)(=O)=O)cc12. The lowest BCUT2D eigenvalue weighted by Crippen LogP contribution is -2.23. The lowest BCUT2D eigenvalue weighted by Gasteiger charge is -2.25. The van der Waals surface area contributed by atoms with E-state index >= 15 is 0 Å². The van der Waals surface area contributed by atoms with Gasteiger partial charge in [0.1, 0.15) is 5.75 Å². The number of ether oxygens (including phenoxy) is 1. The van der Waals surface area contributed by atoms with Crippen molar-refractivity contribution in [2.24, 2.45) is 0 Å². The number of benzene rings is 1. The molecule has 0 radical (unpaired) electrons. The fourth-order valence-electron chi connectivity index (χ4n) is 3.77. The number of H-pyrrole nitrogens is 1. The summed E-state index contributed by atoms with van der Waals surface area (Å²) in [5.41, 5.74) is 4.40. The average Bonchev–Trinajstić information content (AvgIpc) is 2.68. The van der Waals surface area contributed by atoms with Crippen molar-refractivity contribution in [2.45, 2.75) is 46.0 Å². The molecule has 0 amide bonds. The Bertz CT molecular complexity index is 1310. The van der Waals surface area contributed by atoms with Crippen LogP contribution in [0.1, 0.15) is 44.0 Å². The lowest BCUT2D eigenvalue weighted by atomic mass is 9.83. The van der Waals surface area contributed by atoms with Gasteiger partial charge in [-0.2, -0.15) is 0 Å². The number of pyridine rings is 2. The Kier molecular flexibility index (Phi) is 6.76. The molecular weight excluding hydrogens is 426 g/mol. The number of hydrogen-bond acceptors (Lipinski definition) is 5. The molecule has 8 heteroatoms.